The molecule has 1 N–H and O–H groups in total. The summed E-state index contributed by atoms with van der Waals surface area (Å²) < 4.78 is 12.6. The second-order valence-electron chi connectivity index (χ2n) is 3.51. The van der Waals surface area contributed by atoms with Crippen molar-refractivity contribution < 1.29 is 14.3 Å². The Labute approximate surface area is 102 Å². The van der Waals surface area contributed by atoms with Gasteiger partial charge < -0.3 is 10.0 Å². The zero-order valence-corrected chi connectivity index (χ0v) is 10.6. The van der Waals surface area contributed by atoms with Crippen molar-refractivity contribution in [1.82, 2.24) is 4.90 Å². The summed E-state index contributed by atoms with van der Waals surface area (Å²) in [5.74, 6) is -1.06. The van der Waals surface area contributed by atoms with E-state index in [1.54, 1.807) is 12.1 Å². The van der Waals surface area contributed by atoms with E-state index in [1.807, 2.05) is 25.8 Å². The van der Waals surface area contributed by atoms with E-state index in [-0.39, 0.29) is 12.2 Å². The van der Waals surface area contributed by atoms with Crippen molar-refractivity contribution in [2.24, 2.45) is 0 Å². The van der Waals surface area contributed by atoms with Gasteiger partial charge in [-0.2, -0.15) is 0 Å². The molecule has 0 aliphatic carbocycles. The summed E-state index contributed by atoms with van der Waals surface area (Å²) in [5.41, 5.74) is 0.976. The van der Waals surface area contributed by atoms with E-state index in [9.17, 15) is 9.18 Å². The van der Waals surface area contributed by atoms with Gasteiger partial charge in [0.2, 0.25) is 0 Å². The van der Waals surface area contributed by atoms with Crippen LogP contribution in [0.1, 0.15) is 25.8 Å². The fourth-order valence-corrected chi connectivity index (χ4v) is 1.27. The lowest BCUT2D eigenvalue weighted by Gasteiger charge is -2.15. The highest BCUT2D eigenvalue weighted by Gasteiger charge is 2.03. The number of benzene rings is 1. The van der Waals surface area contributed by atoms with Crippen LogP contribution in [-0.2, 0) is 11.3 Å². The molecule has 0 aliphatic rings. The lowest BCUT2D eigenvalue weighted by Crippen LogP contribution is -2.21. The van der Waals surface area contributed by atoms with Crippen molar-refractivity contribution in [3.8, 4) is 0 Å². The van der Waals surface area contributed by atoms with Gasteiger partial charge >= 0.3 is 5.97 Å². The van der Waals surface area contributed by atoms with Crippen LogP contribution in [0, 0.1) is 5.82 Å². The largest absolute Gasteiger partial charge is 0.481 e. The van der Waals surface area contributed by atoms with Gasteiger partial charge in [0.1, 0.15) is 5.82 Å². The molecule has 0 fully saturated rings. The molecule has 1 aromatic rings. The van der Waals surface area contributed by atoms with Gasteiger partial charge in [0, 0.05) is 13.1 Å². The molecule has 0 atom stereocenters. The Morgan fingerprint density at radius 2 is 1.82 bits per heavy atom. The summed E-state index contributed by atoms with van der Waals surface area (Å²) in [7, 11) is 1.84. The Hall–Kier alpha value is -1.42. The molecule has 0 amide bonds. The Kier molecular flexibility index (Phi) is 7.97. The summed E-state index contributed by atoms with van der Waals surface area (Å²) in [6.07, 6.45) is 0.123. The van der Waals surface area contributed by atoms with Crippen LogP contribution >= 0.6 is 0 Å². The predicted molar refractivity (Wildman–Crippen MR) is 66.3 cm³/mol. The molecule has 96 valence electrons. The van der Waals surface area contributed by atoms with Gasteiger partial charge in [-0.15, -0.1) is 0 Å². The van der Waals surface area contributed by atoms with Crippen LogP contribution in [0.15, 0.2) is 24.3 Å². The van der Waals surface area contributed by atoms with Crippen LogP contribution in [-0.4, -0.2) is 29.6 Å². The minimum atomic E-state index is -0.805. The molecular weight excluding hydrogens is 221 g/mol. The first-order valence-electron chi connectivity index (χ1n) is 5.72. The molecule has 17 heavy (non-hydrogen) atoms. The fraction of sp³-hybridized carbons (Fsp3) is 0.462. The summed E-state index contributed by atoms with van der Waals surface area (Å²) in [6.45, 7) is 5.13. The number of carbonyl (C=O) groups is 1. The van der Waals surface area contributed by atoms with E-state index in [1.165, 1.54) is 12.1 Å². The number of carboxylic acid groups (broad SMARTS) is 1. The molecule has 0 aromatic heterocycles. The lowest BCUT2D eigenvalue weighted by atomic mass is 10.2. The van der Waals surface area contributed by atoms with Gasteiger partial charge in [-0.3, -0.25) is 4.79 Å². The van der Waals surface area contributed by atoms with E-state index >= 15 is 0 Å². The average molecular weight is 241 g/mol. The SMILES string of the molecule is CC.CN(CCC(=O)O)Cc1ccc(F)cc1. The zero-order valence-electron chi connectivity index (χ0n) is 10.6. The number of hydrogen-bond acceptors (Lipinski definition) is 2. The van der Waals surface area contributed by atoms with Crippen molar-refractivity contribution in [3.05, 3.63) is 35.6 Å². The highest BCUT2D eigenvalue weighted by molar-refractivity contribution is 5.66. The minimum Gasteiger partial charge on any atom is -0.481 e. The van der Waals surface area contributed by atoms with Gasteiger partial charge in [-0.1, -0.05) is 26.0 Å². The van der Waals surface area contributed by atoms with E-state index < -0.39 is 5.97 Å². The quantitative estimate of drug-likeness (QED) is 0.861. The van der Waals surface area contributed by atoms with E-state index in [0.717, 1.165) is 5.56 Å². The molecule has 0 radical (unpaired) electrons. The van der Waals surface area contributed by atoms with E-state index in [2.05, 4.69) is 0 Å². The number of hydrogen-bond donors (Lipinski definition) is 1. The maximum Gasteiger partial charge on any atom is 0.304 e. The van der Waals surface area contributed by atoms with Crippen molar-refractivity contribution in [3.63, 3.8) is 0 Å². The minimum absolute atomic E-state index is 0.123. The van der Waals surface area contributed by atoms with Crippen LogP contribution < -0.4 is 0 Å². The first-order valence-corrected chi connectivity index (χ1v) is 5.72. The molecule has 0 aliphatic heterocycles. The molecule has 0 bridgehead atoms. The number of halogens is 1. The topological polar surface area (TPSA) is 40.5 Å². The Balaban J connectivity index is 0.00000121. The Morgan fingerprint density at radius 1 is 1.29 bits per heavy atom. The monoisotopic (exact) mass is 241 g/mol. The van der Waals surface area contributed by atoms with Gasteiger partial charge in [-0.25, -0.2) is 4.39 Å². The van der Waals surface area contributed by atoms with Crippen LogP contribution in [0.4, 0.5) is 4.39 Å². The van der Waals surface area contributed by atoms with Gasteiger partial charge in [0.15, 0.2) is 0 Å². The van der Waals surface area contributed by atoms with E-state index in [0.29, 0.717) is 13.1 Å². The number of aliphatic carboxylic acids is 1. The molecule has 0 heterocycles. The molecule has 1 rings (SSSR count). The summed E-state index contributed by atoms with van der Waals surface area (Å²) in [6, 6.07) is 6.21. The molecule has 1 aromatic carbocycles. The second kappa shape index (κ2) is 8.70. The van der Waals surface area contributed by atoms with Crippen molar-refractivity contribution in [2.45, 2.75) is 26.8 Å². The number of rotatable bonds is 5. The highest BCUT2D eigenvalue weighted by Crippen LogP contribution is 2.05. The average Bonchev–Trinajstić information content (AvgIpc) is 2.32. The van der Waals surface area contributed by atoms with Gasteiger partial charge in [0.05, 0.1) is 6.42 Å². The molecule has 0 saturated carbocycles. The van der Waals surface area contributed by atoms with Crippen molar-refractivity contribution >= 4 is 5.97 Å². The lowest BCUT2D eigenvalue weighted by molar-refractivity contribution is -0.137. The molecule has 0 spiro atoms. The van der Waals surface area contributed by atoms with Crippen LogP contribution in [0.3, 0.4) is 0 Å². The Morgan fingerprint density at radius 3 is 2.29 bits per heavy atom. The van der Waals surface area contributed by atoms with Crippen molar-refractivity contribution in [1.29, 1.82) is 0 Å². The summed E-state index contributed by atoms with van der Waals surface area (Å²) in [5, 5.41) is 8.49. The zero-order chi connectivity index (χ0) is 13.3. The second-order valence-corrected chi connectivity index (χ2v) is 3.51. The fourth-order valence-electron chi connectivity index (χ4n) is 1.27. The first kappa shape index (κ1) is 15.6. The maximum absolute atomic E-state index is 12.6. The maximum atomic E-state index is 12.6. The third-order valence-corrected chi connectivity index (χ3v) is 2.07. The number of carboxylic acids is 1. The van der Waals surface area contributed by atoms with E-state index in [4.69, 9.17) is 5.11 Å². The molecule has 4 heteroatoms. The van der Waals surface area contributed by atoms with Crippen LogP contribution in [0.2, 0.25) is 0 Å². The molecule has 0 unspecified atom stereocenters. The number of nitrogens with zero attached hydrogens (tertiary/aromatic N) is 1. The van der Waals surface area contributed by atoms with Gasteiger partial charge in [-0.05, 0) is 24.7 Å². The molecule has 3 nitrogen and oxygen atoms in total. The third kappa shape index (κ3) is 7.47. The van der Waals surface area contributed by atoms with Gasteiger partial charge in [0.25, 0.3) is 0 Å². The van der Waals surface area contributed by atoms with Crippen molar-refractivity contribution in [2.75, 3.05) is 13.6 Å². The molecule has 0 saturated heterocycles. The predicted octanol–water partition coefficient (Wildman–Crippen LogP) is 2.76. The molecular formula is C13H20FNO2. The standard InChI is InChI=1S/C11H14FNO2.C2H6/c1-13(7-6-11(14)15)8-9-2-4-10(12)5-3-9;1-2/h2-5H,6-8H2,1H3,(H,14,15);1-2H3. The normalized spacial score (nSPS) is 9.71. The Bertz CT molecular complexity index is 325. The van der Waals surface area contributed by atoms with Crippen LogP contribution in [0.5, 0.6) is 0 Å². The highest BCUT2D eigenvalue weighted by atomic mass is 19.1. The summed E-state index contributed by atoms with van der Waals surface area (Å²) >= 11 is 0. The first-order chi connectivity index (χ1) is 8.08. The van der Waals surface area contributed by atoms with Crippen LogP contribution in [0.25, 0.3) is 0 Å². The summed E-state index contributed by atoms with van der Waals surface area (Å²) in [4.78, 5) is 12.2. The smallest absolute Gasteiger partial charge is 0.304 e. The third-order valence-electron chi connectivity index (χ3n) is 2.07.